The van der Waals surface area contributed by atoms with Crippen molar-refractivity contribution < 1.29 is 9.32 Å². The highest BCUT2D eigenvalue weighted by Crippen LogP contribution is 2.13. The van der Waals surface area contributed by atoms with E-state index in [0.29, 0.717) is 17.3 Å². The standard InChI is InChI=1S/C12H13N3O2/c1-8-6-11(15-17-8)14-12(16)7-9-4-2-3-5-10(9)13/h2-6H,7,13H2,1H3,(H,14,15,16). The van der Waals surface area contributed by atoms with Crippen LogP contribution in [0.15, 0.2) is 34.9 Å². The first-order chi connectivity index (χ1) is 8.15. The van der Waals surface area contributed by atoms with Crippen LogP contribution in [-0.2, 0) is 11.2 Å². The van der Waals surface area contributed by atoms with Crippen molar-refractivity contribution in [1.29, 1.82) is 0 Å². The fraction of sp³-hybridized carbons (Fsp3) is 0.167. The molecule has 0 unspecified atom stereocenters. The van der Waals surface area contributed by atoms with E-state index in [2.05, 4.69) is 10.5 Å². The summed E-state index contributed by atoms with van der Waals surface area (Å²) in [6.45, 7) is 1.76. The number of nitrogens with zero attached hydrogens (tertiary/aromatic N) is 1. The van der Waals surface area contributed by atoms with Gasteiger partial charge >= 0.3 is 0 Å². The Morgan fingerprint density at radius 1 is 1.47 bits per heavy atom. The van der Waals surface area contributed by atoms with Gasteiger partial charge in [0.1, 0.15) is 5.76 Å². The minimum atomic E-state index is -0.170. The normalized spacial score (nSPS) is 10.2. The Hall–Kier alpha value is -2.30. The van der Waals surface area contributed by atoms with Crippen LogP contribution < -0.4 is 11.1 Å². The van der Waals surface area contributed by atoms with E-state index in [0.717, 1.165) is 5.56 Å². The van der Waals surface area contributed by atoms with Crippen LogP contribution in [-0.4, -0.2) is 11.1 Å². The van der Waals surface area contributed by atoms with Crippen LogP contribution >= 0.6 is 0 Å². The van der Waals surface area contributed by atoms with Crippen LogP contribution in [0.4, 0.5) is 11.5 Å². The SMILES string of the molecule is Cc1cc(NC(=O)Cc2ccccc2N)no1. The van der Waals surface area contributed by atoms with Crippen molar-refractivity contribution in [2.45, 2.75) is 13.3 Å². The highest BCUT2D eigenvalue weighted by atomic mass is 16.5. The molecule has 2 aromatic rings. The van der Waals surface area contributed by atoms with Gasteiger partial charge in [0.05, 0.1) is 6.42 Å². The number of nitrogen functional groups attached to an aromatic ring is 1. The number of para-hydroxylation sites is 1. The molecular weight excluding hydrogens is 218 g/mol. The van der Waals surface area contributed by atoms with E-state index >= 15 is 0 Å². The molecule has 5 nitrogen and oxygen atoms in total. The number of amides is 1. The minimum absolute atomic E-state index is 0.170. The summed E-state index contributed by atoms with van der Waals surface area (Å²) in [7, 11) is 0. The second kappa shape index (κ2) is 4.69. The fourth-order valence-corrected chi connectivity index (χ4v) is 1.48. The molecule has 0 saturated heterocycles. The molecular formula is C12H13N3O2. The largest absolute Gasteiger partial charge is 0.398 e. The van der Waals surface area contributed by atoms with Gasteiger partial charge < -0.3 is 15.6 Å². The van der Waals surface area contributed by atoms with Crippen molar-refractivity contribution in [3.63, 3.8) is 0 Å². The molecule has 0 saturated carbocycles. The quantitative estimate of drug-likeness (QED) is 0.788. The molecule has 0 radical (unpaired) electrons. The number of aromatic nitrogens is 1. The van der Waals surface area contributed by atoms with Crippen molar-refractivity contribution in [3.8, 4) is 0 Å². The summed E-state index contributed by atoms with van der Waals surface area (Å²) >= 11 is 0. The van der Waals surface area contributed by atoms with E-state index in [9.17, 15) is 4.79 Å². The number of nitrogens with one attached hydrogen (secondary N) is 1. The van der Waals surface area contributed by atoms with Crippen molar-refractivity contribution in [2.75, 3.05) is 11.1 Å². The van der Waals surface area contributed by atoms with Crippen LogP contribution in [0, 0.1) is 6.92 Å². The molecule has 17 heavy (non-hydrogen) atoms. The van der Waals surface area contributed by atoms with Crippen molar-refractivity contribution in [3.05, 3.63) is 41.7 Å². The average Bonchev–Trinajstić information content (AvgIpc) is 2.67. The lowest BCUT2D eigenvalue weighted by molar-refractivity contribution is -0.115. The van der Waals surface area contributed by atoms with E-state index in [1.165, 1.54) is 0 Å². The van der Waals surface area contributed by atoms with Gasteiger partial charge in [-0.2, -0.15) is 0 Å². The molecule has 0 atom stereocenters. The van der Waals surface area contributed by atoms with Crippen molar-refractivity contribution >= 4 is 17.4 Å². The minimum Gasteiger partial charge on any atom is -0.398 e. The zero-order valence-electron chi connectivity index (χ0n) is 9.43. The topological polar surface area (TPSA) is 81.2 Å². The van der Waals surface area contributed by atoms with Gasteiger partial charge in [0, 0.05) is 11.8 Å². The van der Waals surface area contributed by atoms with Gasteiger partial charge in [-0.15, -0.1) is 0 Å². The molecule has 1 amide bonds. The second-order valence-corrected chi connectivity index (χ2v) is 3.75. The summed E-state index contributed by atoms with van der Waals surface area (Å²) in [5, 5.41) is 6.32. The maximum absolute atomic E-state index is 11.7. The molecule has 0 spiro atoms. The highest BCUT2D eigenvalue weighted by molar-refractivity contribution is 5.92. The number of nitrogens with two attached hydrogens (primary N) is 1. The van der Waals surface area contributed by atoms with Crippen LogP contribution in [0.2, 0.25) is 0 Å². The van der Waals surface area contributed by atoms with E-state index in [-0.39, 0.29) is 12.3 Å². The number of hydrogen-bond acceptors (Lipinski definition) is 4. The maximum Gasteiger partial charge on any atom is 0.230 e. The van der Waals surface area contributed by atoms with Crippen molar-refractivity contribution in [1.82, 2.24) is 5.16 Å². The first-order valence-corrected chi connectivity index (χ1v) is 5.21. The summed E-state index contributed by atoms with van der Waals surface area (Å²) < 4.78 is 4.85. The van der Waals surface area contributed by atoms with Gasteiger partial charge in [-0.3, -0.25) is 4.79 Å². The Bertz CT molecular complexity index is 534. The lowest BCUT2D eigenvalue weighted by Gasteiger charge is -2.04. The summed E-state index contributed by atoms with van der Waals surface area (Å²) in [4.78, 5) is 11.7. The molecule has 0 aliphatic rings. The van der Waals surface area contributed by atoms with Gasteiger partial charge in [0.25, 0.3) is 0 Å². The predicted octanol–water partition coefficient (Wildman–Crippen LogP) is 1.75. The third kappa shape index (κ3) is 2.84. The van der Waals surface area contributed by atoms with E-state index in [1.807, 2.05) is 18.2 Å². The van der Waals surface area contributed by atoms with E-state index in [4.69, 9.17) is 10.3 Å². The van der Waals surface area contributed by atoms with Gasteiger partial charge in [0.2, 0.25) is 5.91 Å². The highest BCUT2D eigenvalue weighted by Gasteiger charge is 2.08. The Kier molecular flexibility index (Phi) is 3.09. The fourth-order valence-electron chi connectivity index (χ4n) is 1.48. The van der Waals surface area contributed by atoms with Gasteiger partial charge in [0.15, 0.2) is 5.82 Å². The molecule has 0 aliphatic carbocycles. The monoisotopic (exact) mass is 231 g/mol. The summed E-state index contributed by atoms with van der Waals surface area (Å²) in [6, 6.07) is 8.93. The van der Waals surface area contributed by atoms with Crippen LogP contribution in [0.25, 0.3) is 0 Å². The number of anilines is 2. The molecule has 88 valence electrons. The first kappa shape index (κ1) is 11.2. The third-order valence-electron chi connectivity index (χ3n) is 2.30. The smallest absolute Gasteiger partial charge is 0.230 e. The lowest BCUT2D eigenvalue weighted by Crippen LogP contribution is -2.15. The van der Waals surface area contributed by atoms with Crippen LogP contribution in [0.5, 0.6) is 0 Å². The number of rotatable bonds is 3. The Balaban J connectivity index is 2.01. The zero-order valence-corrected chi connectivity index (χ0v) is 9.43. The van der Waals surface area contributed by atoms with Gasteiger partial charge in [-0.25, -0.2) is 0 Å². The molecule has 5 heteroatoms. The number of hydrogen-bond donors (Lipinski definition) is 2. The number of carbonyl (C=O) groups excluding carboxylic acids is 1. The molecule has 1 aromatic heterocycles. The second-order valence-electron chi connectivity index (χ2n) is 3.75. The molecule has 1 aromatic carbocycles. The Morgan fingerprint density at radius 3 is 2.88 bits per heavy atom. The number of carbonyl (C=O) groups is 1. The van der Waals surface area contributed by atoms with Crippen LogP contribution in [0.1, 0.15) is 11.3 Å². The molecule has 3 N–H and O–H groups in total. The van der Waals surface area contributed by atoms with Crippen molar-refractivity contribution in [2.24, 2.45) is 0 Å². The summed E-state index contributed by atoms with van der Waals surface area (Å²) in [6.07, 6.45) is 0.221. The molecule has 0 bridgehead atoms. The predicted molar refractivity (Wildman–Crippen MR) is 64.4 cm³/mol. The number of benzene rings is 1. The third-order valence-corrected chi connectivity index (χ3v) is 2.30. The zero-order chi connectivity index (χ0) is 12.3. The molecule has 0 aliphatic heterocycles. The van der Waals surface area contributed by atoms with E-state index in [1.54, 1.807) is 19.1 Å². The average molecular weight is 231 g/mol. The molecule has 1 heterocycles. The summed E-state index contributed by atoms with van der Waals surface area (Å²) in [5.41, 5.74) is 7.16. The van der Waals surface area contributed by atoms with Crippen LogP contribution in [0.3, 0.4) is 0 Å². The molecule has 0 fully saturated rings. The number of aryl methyl sites for hydroxylation is 1. The maximum atomic E-state index is 11.7. The lowest BCUT2D eigenvalue weighted by atomic mass is 10.1. The van der Waals surface area contributed by atoms with Gasteiger partial charge in [-0.05, 0) is 18.6 Å². The molecule has 2 rings (SSSR count). The van der Waals surface area contributed by atoms with E-state index < -0.39 is 0 Å². The first-order valence-electron chi connectivity index (χ1n) is 5.21. The Morgan fingerprint density at radius 2 is 2.24 bits per heavy atom. The van der Waals surface area contributed by atoms with Gasteiger partial charge in [-0.1, -0.05) is 23.4 Å². The Labute approximate surface area is 98.6 Å². The summed E-state index contributed by atoms with van der Waals surface area (Å²) in [5.74, 6) is 0.901.